The minimum Gasteiger partial charge on any atom is -0.309 e. The van der Waals surface area contributed by atoms with Crippen LogP contribution >= 0.6 is 15.9 Å². The minimum absolute atomic E-state index is 0.302. The summed E-state index contributed by atoms with van der Waals surface area (Å²) in [6.07, 6.45) is 1.80. The van der Waals surface area contributed by atoms with E-state index >= 15 is 0 Å². The van der Waals surface area contributed by atoms with Crippen LogP contribution in [0.3, 0.4) is 0 Å². The molecule has 2 aromatic carbocycles. The molecule has 0 unspecified atom stereocenters. The molecule has 2 aromatic rings. The fraction of sp³-hybridized carbons (Fsp3) is 0.333. The van der Waals surface area contributed by atoms with Gasteiger partial charge in [-0.2, -0.15) is 0 Å². The number of benzene rings is 2. The molecule has 24 heavy (non-hydrogen) atoms. The first kappa shape index (κ1) is 19.1. The molecule has 6 heteroatoms. The Morgan fingerprint density at radius 1 is 0.917 bits per heavy atom. The summed E-state index contributed by atoms with van der Waals surface area (Å²) in [5, 5.41) is 0. The Labute approximate surface area is 153 Å². The maximum Gasteiger partial charge on any atom is 0.240 e. The van der Waals surface area contributed by atoms with Crippen LogP contribution in [0.25, 0.3) is 11.1 Å². The minimum atomic E-state index is -3.44. The molecule has 0 amide bonds. The van der Waals surface area contributed by atoms with Gasteiger partial charge < -0.3 is 4.90 Å². The van der Waals surface area contributed by atoms with Gasteiger partial charge >= 0.3 is 0 Å². The van der Waals surface area contributed by atoms with Crippen molar-refractivity contribution in [3.05, 3.63) is 53.0 Å². The molecule has 0 aliphatic carbocycles. The first-order chi connectivity index (χ1) is 11.4. The smallest absolute Gasteiger partial charge is 0.240 e. The Bertz CT molecular complexity index is 742. The molecule has 130 valence electrons. The topological polar surface area (TPSA) is 49.4 Å². The second-order valence-electron chi connectivity index (χ2n) is 5.94. The number of unbranched alkanes of at least 4 members (excludes halogenated alkanes) is 1. The second-order valence-corrected chi connectivity index (χ2v) is 8.62. The summed E-state index contributed by atoms with van der Waals surface area (Å²) in [7, 11) is 0.584. The van der Waals surface area contributed by atoms with E-state index in [0.29, 0.717) is 11.4 Å². The average Bonchev–Trinajstić information content (AvgIpc) is 2.55. The fourth-order valence-electron chi connectivity index (χ4n) is 2.31. The number of sulfonamides is 1. The van der Waals surface area contributed by atoms with Gasteiger partial charge in [0.15, 0.2) is 0 Å². The Hall–Kier alpha value is -1.21. The number of hydrogen-bond donors (Lipinski definition) is 1. The molecule has 4 nitrogen and oxygen atoms in total. The average molecular weight is 411 g/mol. The number of nitrogens with one attached hydrogen (secondary N) is 1. The van der Waals surface area contributed by atoms with Crippen molar-refractivity contribution in [1.82, 2.24) is 9.62 Å². The van der Waals surface area contributed by atoms with E-state index in [0.717, 1.165) is 35.0 Å². The third-order valence-electron chi connectivity index (χ3n) is 3.67. The third-order valence-corrected chi connectivity index (χ3v) is 5.67. The van der Waals surface area contributed by atoms with Gasteiger partial charge in [0.2, 0.25) is 10.0 Å². The van der Waals surface area contributed by atoms with E-state index in [1.165, 1.54) is 0 Å². The standard InChI is InChI=1S/C18H23BrN2O2S/c1-21(2)14-4-3-13-20-24(22,23)18-11-7-16(8-12-18)15-5-9-17(19)10-6-15/h5-12,20H,3-4,13-14H2,1-2H3. The summed E-state index contributed by atoms with van der Waals surface area (Å²) in [6.45, 7) is 1.42. The maximum absolute atomic E-state index is 12.3. The van der Waals surface area contributed by atoms with Crippen molar-refractivity contribution in [3.8, 4) is 11.1 Å². The largest absolute Gasteiger partial charge is 0.309 e. The fourth-order valence-corrected chi connectivity index (χ4v) is 3.65. The van der Waals surface area contributed by atoms with Gasteiger partial charge in [0.25, 0.3) is 0 Å². The normalized spacial score (nSPS) is 11.8. The summed E-state index contributed by atoms with van der Waals surface area (Å²) in [5.41, 5.74) is 2.05. The molecule has 0 saturated carbocycles. The highest BCUT2D eigenvalue weighted by Gasteiger charge is 2.13. The number of nitrogens with zero attached hydrogens (tertiary/aromatic N) is 1. The summed E-state index contributed by atoms with van der Waals surface area (Å²) >= 11 is 3.41. The van der Waals surface area contributed by atoms with Crippen molar-refractivity contribution in [3.63, 3.8) is 0 Å². The lowest BCUT2D eigenvalue weighted by atomic mass is 10.1. The molecule has 0 aromatic heterocycles. The predicted molar refractivity (Wildman–Crippen MR) is 103 cm³/mol. The molecule has 0 aliphatic heterocycles. The third kappa shape index (κ3) is 5.70. The van der Waals surface area contributed by atoms with Crippen LogP contribution in [0.5, 0.6) is 0 Å². The number of rotatable bonds is 8. The summed E-state index contributed by atoms with van der Waals surface area (Å²) in [4.78, 5) is 2.39. The van der Waals surface area contributed by atoms with E-state index in [1.54, 1.807) is 12.1 Å². The molecule has 1 N–H and O–H groups in total. The Morgan fingerprint density at radius 3 is 2.00 bits per heavy atom. The summed E-state index contributed by atoms with van der Waals surface area (Å²) in [5.74, 6) is 0. The molecule has 0 bridgehead atoms. The zero-order valence-electron chi connectivity index (χ0n) is 14.0. The van der Waals surface area contributed by atoms with Crippen molar-refractivity contribution in [2.75, 3.05) is 27.2 Å². The molecule has 0 spiro atoms. The first-order valence-electron chi connectivity index (χ1n) is 7.89. The highest BCUT2D eigenvalue weighted by atomic mass is 79.9. The van der Waals surface area contributed by atoms with Crippen molar-refractivity contribution in [2.45, 2.75) is 17.7 Å². The molecule has 2 rings (SSSR count). The molecular weight excluding hydrogens is 388 g/mol. The molecular formula is C18H23BrN2O2S. The van der Waals surface area contributed by atoms with E-state index in [9.17, 15) is 8.42 Å². The monoisotopic (exact) mass is 410 g/mol. The maximum atomic E-state index is 12.3. The van der Waals surface area contributed by atoms with Crippen molar-refractivity contribution in [1.29, 1.82) is 0 Å². The molecule has 0 heterocycles. The summed E-state index contributed by atoms with van der Waals surface area (Å²) in [6, 6.07) is 14.9. The van der Waals surface area contributed by atoms with Crippen LogP contribution in [0.15, 0.2) is 57.9 Å². The van der Waals surface area contributed by atoms with Crippen molar-refractivity contribution < 1.29 is 8.42 Å². The van der Waals surface area contributed by atoms with Gasteiger partial charge in [-0.3, -0.25) is 0 Å². The quantitative estimate of drug-likeness (QED) is 0.674. The SMILES string of the molecule is CN(C)CCCCNS(=O)(=O)c1ccc(-c2ccc(Br)cc2)cc1. The molecule has 0 aliphatic rings. The van der Waals surface area contributed by atoms with Crippen LogP contribution in [-0.4, -0.2) is 40.5 Å². The molecule has 0 atom stereocenters. The van der Waals surface area contributed by atoms with E-state index in [-0.39, 0.29) is 0 Å². The van der Waals surface area contributed by atoms with Gasteiger partial charge in [-0.1, -0.05) is 40.2 Å². The number of hydrogen-bond acceptors (Lipinski definition) is 3. The van der Waals surface area contributed by atoms with Gasteiger partial charge in [0, 0.05) is 11.0 Å². The zero-order chi connectivity index (χ0) is 17.6. The molecule has 0 saturated heterocycles. The van der Waals surface area contributed by atoms with Gasteiger partial charge in [0.1, 0.15) is 0 Å². The lowest BCUT2D eigenvalue weighted by Gasteiger charge is -2.10. The van der Waals surface area contributed by atoms with Crippen LogP contribution < -0.4 is 4.72 Å². The Balaban J connectivity index is 1.97. The predicted octanol–water partition coefficient (Wildman–Crippen LogP) is 3.74. The second kappa shape index (κ2) is 8.76. The lowest BCUT2D eigenvalue weighted by Crippen LogP contribution is -2.25. The van der Waals surface area contributed by atoms with Gasteiger partial charge in [-0.05, 0) is 68.9 Å². The van der Waals surface area contributed by atoms with Crippen molar-refractivity contribution in [2.24, 2.45) is 0 Å². The van der Waals surface area contributed by atoms with Gasteiger partial charge in [-0.25, -0.2) is 13.1 Å². The van der Waals surface area contributed by atoms with E-state index < -0.39 is 10.0 Å². The Morgan fingerprint density at radius 2 is 1.46 bits per heavy atom. The summed E-state index contributed by atoms with van der Waals surface area (Å²) < 4.78 is 28.3. The van der Waals surface area contributed by atoms with Crippen LogP contribution in [0.4, 0.5) is 0 Å². The van der Waals surface area contributed by atoms with Gasteiger partial charge in [0.05, 0.1) is 4.90 Å². The van der Waals surface area contributed by atoms with E-state index in [4.69, 9.17) is 0 Å². The van der Waals surface area contributed by atoms with Crippen LogP contribution in [0.1, 0.15) is 12.8 Å². The van der Waals surface area contributed by atoms with Crippen molar-refractivity contribution >= 4 is 26.0 Å². The van der Waals surface area contributed by atoms with E-state index in [2.05, 4.69) is 25.6 Å². The molecule has 0 radical (unpaired) electrons. The first-order valence-corrected chi connectivity index (χ1v) is 10.2. The van der Waals surface area contributed by atoms with Crippen LogP contribution in [0.2, 0.25) is 0 Å². The van der Waals surface area contributed by atoms with E-state index in [1.807, 2.05) is 50.5 Å². The van der Waals surface area contributed by atoms with Gasteiger partial charge in [-0.15, -0.1) is 0 Å². The highest BCUT2D eigenvalue weighted by Crippen LogP contribution is 2.23. The molecule has 0 fully saturated rings. The lowest BCUT2D eigenvalue weighted by molar-refractivity contribution is 0.394. The van der Waals surface area contributed by atoms with Crippen LogP contribution in [-0.2, 0) is 10.0 Å². The highest BCUT2D eigenvalue weighted by molar-refractivity contribution is 9.10. The Kier molecular flexibility index (Phi) is 6.98. The van der Waals surface area contributed by atoms with Crippen LogP contribution in [0, 0.1) is 0 Å². The zero-order valence-corrected chi connectivity index (χ0v) is 16.4. The number of halogens is 1.